The Morgan fingerprint density at radius 1 is 1.19 bits per heavy atom. The van der Waals surface area contributed by atoms with Gasteiger partial charge in [0.1, 0.15) is 6.61 Å². The zero-order valence-corrected chi connectivity index (χ0v) is 18.4. The van der Waals surface area contributed by atoms with E-state index in [4.69, 9.17) is 4.74 Å². The van der Waals surface area contributed by atoms with Crippen LogP contribution in [0.25, 0.3) is 0 Å². The van der Waals surface area contributed by atoms with Crippen LogP contribution in [-0.4, -0.2) is 54.9 Å². The van der Waals surface area contributed by atoms with E-state index in [-0.39, 0.29) is 30.4 Å². The van der Waals surface area contributed by atoms with Crippen molar-refractivity contribution >= 4 is 5.91 Å². The highest BCUT2D eigenvalue weighted by Crippen LogP contribution is 2.32. The van der Waals surface area contributed by atoms with E-state index in [0.717, 1.165) is 31.1 Å². The predicted octanol–water partition coefficient (Wildman–Crippen LogP) is 3.99. The number of ether oxygens (including phenoxy) is 2. The molecule has 0 bridgehead atoms. The number of aromatic nitrogens is 1. The van der Waals surface area contributed by atoms with Gasteiger partial charge in [-0.1, -0.05) is 30.3 Å². The summed E-state index contributed by atoms with van der Waals surface area (Å²) in [7, 11) is 2.05. The quantitative estimate of drug-likeness (QED) is 0.690. The van der Waals surface area contributed by atoms with Gasteiger partial charge in [0.15, 0.2) is 5.75 Å². The lowest BCUT2D eigenvalue weighted by Crippen LogP contribution is -2.52. The Bertz CT molecular complexity index is 906. The number of rotatable bonds is 7. The third kappa shape index (κ3) is 6.35. The second-order valence-electron chi connectivity index (χ2n) is 8.68. The number of hydrogen-bond acceptors (Lipinski definition) is 5. The molecule has 3 rings (SSSR count). The minimum absolute atomic E-state index is 0.0562. The van der Waals surface area contributed by atoms with Gasteiger partial charge in [0, 0.05) is 24.7 Å². The molecule has 2 heterocycles. The Morgan fingerprint density at radius 3 is 2.59 bits per heavy atom. The van der Waals surface area contributed by atoms with Crippen molar-refractivity contribution in [1.82, 2.24) is 15.2 Å². The summed E-state index contributed by atoms with van der Waals surface area (Å²) >= 11 is 0. The van der Waals surface area contributed by atoms with E-state index in [2.05, 4.69) is 39.1 Å². The van der Waals surface area contributed by atoms with E-state index in [1.807, 2.05) is 18.2 Å². The van der Waals surface area contributed by atoms with Gasteiger partial charge in [-0.3, -0.25) is 4.79 Å². The van der Waals surface area contributed by atoms with Crippen LogP contribution < -0.4 is 14.8 Å². The van der Waals surface area contributed by atoms with Crippen molar-refractivity contribution in [3.05, 3.63) is 54.2 Å². The lowest BCUT2D eigenvalue weighted by Gasteiger charge is -2.39. The molecule has 1 amide bonds. The normalized spacial score (nSPS) is 19.9. The number of likely N-dealkylation sites (tertiary alicyclic amines) is 1. The van der Waals surface area contributed by atoms with Crippen molar-refractivity contribution in [3.63, 3.8) is 0 Å². The van der Waals surface area contributed by atoms with Crippen molar-refractivity contribution in [2.24, 2.45) is 5.41 Å². The number of piperidine rings is 1. The SMILES string of the molecule is CN1CC[C@@H](NC(=O)C(C)(C)COc2ncccc2OC(F)(F)F)[C@@H](c2ccccc2)C1. The summed E-state index contributed by atoms with van der Waals surface area (Å²) < 4.78 is 47.3. The molecule has 1 aromatic heterocycles. The maximum Gasteiger partial charge on any atom is 0.573 e. The zero-order chi connectivity index (χ0) is 23.4. The molecule has 1 aliphatic heterocycles. The maximum absolute atomic E-state index is 13.1. The summed E-state index contributed by atoms with van der Waals surface area (Å²) in [6.07, 6.45) is -2.77. The van der Waals surface area contributed by atoms with E-state index in [1.54, 1.807) is 13.8 Å². The number of hydrogen-bond donors (Lipinski definition) is 1. The number of carbonyl (C=O) groups is 1. The van der Waals surface area contributed by atoms with Crippen LogP contribution in [0.5, 0.6) is 11.6 Å². The minimum Gasteiger partial charge on any atom is -0.474 e. The van der Waals surface area contributed by atoms with Crippen LogP contribution in [0.2, 0.25) is 0 Å². The Labute approximate surface area is 185 Å². The molecule has 1 fully saturated rings. The van der Waals surface area contributed by atoms with E-state index in [9.17, 15) is 18.0 Å². The van der Waals surface area contributed by atoms with Crippen LogP contribution in [0.4, 0.5) is 13.2 Å². The lowest BCUT2D eigenvalue weighted by molar-refractivity contribution is -0.275. The van der Waals surface area contributed by atoms with E-state index >= 15 is 0 Å². The first-order valence-electron chi connectivity index (χ1n) is 10.4. The van der Waals surface area contributed by atoms with Crippen LogP contribution in [0, 0.1) is 5.41 Å². The van der Waals surface area contributed by atoms with Gasteiger partial charge in [-0.2, -0.15) is 0 Å². The number of nitrogens with zero attached hydrogens (tertiary/aromatic N) is 2. The second kappa shape index (κ2) is 9.77. The first-order chi connectivity index (χ1) is 15.0. The summed E-state index contributed by atoms with van der Waals surface area (Å²) in [5.41, 5.74) is 0.151. The van der Waals surface area contributed by atoms with Gasteiger partial charge in [-0.05, 0) is 51.6 Å². The molecule has 1 aromatic carbocycles. The van der Waals surface area contributed by atoms with Crippen LogP contribution >= 0.6 is 0 Å². The monoisotopic (exact) mass is 451 g/mol. The maximum atomic E-state index is 13.1. The van der Waals surface area contributed by atoms with Gasteiger partial charge < -0.3 is 19.7 Å². The fourth-order valence-corrected chi connectivity index (χ4v) is 3.69. The van der Waals surface area contributed by atoms with Gasteiger partial charge >= 0.3 is 6.36 Å². The fourth-order valence-electron chi connectivity index (χ4n) is 3.69. The highest BCUT2D eigenvalue weighted by molar-refractivity contribution is 5.82. The summed E-state index contributed by atoms with van der Waals surface area (Å²) in [6.45, 7) is 4.88. The highest BCUT2D eigenvalue weighted by atomic mass is 19.4. The summed E-state index contributed by atoms with van der Waals surface area (Å²) in [4.78, 5) is 19.1. The molecule has 0 aliphatic carbocycles. The smallest absolute Gasteiger partial charge is 0.474 e. The molecule has 1 saturated heterocycles. The van der Waals surface area contributed by atoms with Gasteiger partial charge in [0.05, 0.1) is 5.41 Å². The topological polar surface area (TPSA) is 63.7 Å². The summed E-state index contributed by atoms with van der Waals surface area (Å²) in [5, 5.41) is 3.14. The first kappa shape index (κ1) is 23.8. The number of nitrogens with one attached hydrogen (secondary N) is 1. The number of alkyl halides is 3. The molecule has 0 unspecified atom stereocenters. The third-order valence-corrected chi connectivity index (χ3v) is 5.51. The number of benzene rings is 1. The molecular weight excluding hydrogens is 423 g/mol. The predicted molar refractivity (Wildman–Crippen MR) is 113 cm³/mol. The van der Waals surface area contributed by atoms with Crippen molar-refractivity contribution in [3.8, 4) is 11.6 Å². The molecule has 32 heavy (non-hydrogen) atoms. The Balaban J connectivity index is 1.67. The molecule has 0 saturated carbocycles. The summed E-state index contributed by atoms with van der Waals surface area (Å²) in [5.74, 6) is -0.955. The van der Waals surface area contributed by atoms with Crippen LogP contribution in [0.15, 0.2) is 48.7 Å². The lowest BCUT2D eigenvalue weighted by atomic mass is 9.84. The van der Waals surface area contributed by atoms with Crippen molar-refractivity contribution < 1.29 is 27.4 Å². The van der Waals surface area contributed by atoms with Crippen LogP contribution in [-0.2, 0) is 4.79 Å². The fraction of sp³-hybridized carbons (Fsp3) is 0.478. The molecule has 2 aromatic rings. The third-order valence-electron chi connectivity index (χ3n) is 5.51. The molecule has 174 valence electrons. The molecule has 2 atom stereocenters. The number of halogens is 3. The Hall–Kier alpha value is -2.81. The molecule has 1 N–H and O–H groups in total. The minimum atomic E-state index is -4.87. The van der Waals surface area contributed by atoms with Crippen molar-refractivity contribution in [2.75, 3.05) is 26.7 Å². The number of carbonyl (C=O) groups excluding carboxylic acids is 1. The molecule has 9 heteroatoms. The standard InChI is InChI=1S/C23H28F3N3O3/c1-22(2,15-31-20-19(10-7-12-27-20)32-23(24,25)26)21(30)28-18-11-13-29(3)14-17(18)16-8-5-4-6-9-16/h4-10,12,17-18H,11,13-15H2,1-3H3,(H,28,30)/t17-,18-/m1/s1. The van der Waals surface area contributed by atoms with Gasteiger partial charge in [-0.15, -0.1) is 13.2 Å². The second-order valence-corrected chi connectivity index (χ2v) is 8.68. The van der Waals surface area contributed by atoms with Crippen molar-refractivity contribution in [2.45, 2.75) is 38.6 Å². The molecule has 0 radical (unpaired) electrons. The first-order valence-corrected chi connectivity index (χ1v) is 10.4. The molecular formula is C23H28F3N3O3. The van der Waals surface area contributed by atoms with Gasteiger partial charge in [0.25, 0.3) is 5.88 Å². The van der Waals surface area contributed by atoms with E-state index in [1.165, 1.54) is 12.3 Å². The van der Waals surface area contributed by atoms with E-state index in [0.29, 0.717) is 0 Å². The average molecular weight is 451 g/mol. The highest BCUT2D eigenvalue weighted by Gasteiger charge is 2.36. The molecule has 0 spiro atoms. The van der Waals surface area contributed by atoms with Gasteiger partial charge in [-0.25, -0.2) is 4.98 Å². The Kier molecular flexibility index (Phi) is 7.28. The zero-order valence-electron chi connectivity index (χ0n) is 18.4. The Morgan fingerprint density at radius 2 is 1.91 bits per heavy atom. The number of pyridine rings is 1. The number of amides is 1. The molecule has 6 nitrogen and oxygen atoms in total. The number of likely N-dealkylation sites (N-methyl/N-ethyl adjacent to an activating group) is 1. The van der Waals surface area contributed by atoms with Crippen molar-refractivity contribution in [1.29, 1.82) is 0 Å². The van der Waals surface area contributed by atoms with Gasteiger partial charge in [0.2, 0.25) is 5.91 Å². The average Bonchev–Trinajstić information content (AvgIpc) is 2.74. The van der Waals surface area contributed by atoms with Crippen LogP contribution in [0.1, 0.15) is 31.7 Å². The summed E-state index contributed by atoms with van der Waals surface area (Å²) in [6, 6.07) is 12.4. The molecule has 1 aliphatic rings. The van der Waals surface area contributed by atoms with E-state index < -0.39 is 17.5 Å². The largest absolute Gasteiger partial charge is 0.573 e. The van der Waals surface area contributed by atoms with Crippen LogP contribution in [0.3, 0.4) is 0 Å².